The van der Waals surface area contributed by atoms with Crippen LogP contribution in [0.1, 0.15) is 32.1 Å². The monoisotopic (exact) mass is 349 g/mol. The summed E-state index contributed by atoms with van der Waals surface area (Å²) in [5, 5.41) is 13.9. The van der Waals surface area contributed by atoms with Crippen molar-refractivity contribution in [3.63, 3.8) is 0 Å². The Morgan fingerprint density at radius 3 is 2.62 bits per heavy atom. The summed E-state index contributed by atoms with van der Waals surface area (Å²) in [5.74, 6) is 0.490. The minimum Gasteiger partial charge on any atom is -0.382 e. The van der Waals surface area contributed by atoms with E-state index < -0.39 is 0 Å². The average Bonchev–Trinajstić information content (AvgIpc) is 3.04. The Balaban J connectivity index is 1.48. The molecule has 0 bridgehead atoms. The number of benzene rings is 2. The first-order valence-electron chi connectivity index (χ1n) is 9.11. The Morgan fingerprint density at radius 2 is 1.85 bits per heavy atom. The molecule has 0 spiro atoms. The van der Waals surface area contributed by atoms with Crippen molar-refractivity contribution in [2.75, 3.05) is 11.1 Å². The predicted octanol–water partition coefficient (Wildman–Crippen LogP) is 4.27. The van der Waals surface area contributed by atoms with Crippen molar-refractivity contribution in [1.29, 1.82) is 0 Å². The molecule has 1 aromatic heterocycles. The smallest absolute Gasteiger partial charge is 0.319 e. The molecule has 6 nitrogen and oxygen atoms in total. The summed E-state index contributed by atoms with van der Waals surface area (Å²) in [7, 11) is 0. The van der Waals surface area contributed by atoms with Crippen LogP contribution in [-0.4, -0.2) is 22.3 Å². The van der Waals surface area contributed by atoms with Crippen LogP contribution in [0.25, 0.3) is 22.0 Å². The van der Waals surface area contributed by atoms with E-state index >= 15 is 0 Å². The molecular weight excluding hydrogens is 326 g/mol. The fraction of sp³-hybridized carbons (Fsp3) is 0.300. The number of aromatic amines is 1. The van der Waals surface area contributed by atoms with Gasteiger partial charge in [-0.15, -0.1) is 0 Å². The molecule has 5 N–H and O–H groups in total. The van der Waals surface area contributed by atoms with Crippen LogP contribution in [0.2, 0.25) is 0 Å². The Kier molecular flexibility index (Phi) is 4.48. The zero-order chi connectivity index (χ0) is 17.9. The molecule has 3 aromatic rings. The van der Waals surface area contributed by atoms with Gasteiger partial charge in [0.25, 0.3) is 0 Å². The number of nitrogens with one attached hydrogen (secondary N) is 3. The number of nitrogen functional groups attached to an aromatic ring is 1. The number of nitrogens with two attached hydrogens (primary N) is 1. The Hall–Kier alpha value is -3.02. The van der Waals surface area contributed by atoms with Crippen molar-refractivity contribution in [3.8, 4) is 11.1 Å². The van der Waals surface area contributed by atoms with E-state index in [1.165, 1.54) is 19.3 Å². The molecule has 0 unspecified atom stereocenters. The number of carbonyl (C=O) groups excluding carboxylic acids is 1. The van der Waals surface area contributed by atoms with Gasteiger partial charge in [0, 0.05) is 11.7 Å². The van der Waals surface area contributed by atoms with E-state index in [0.29, 0.717) is 11.9 Å². The number of hydrogen-bond acceptors (Lipinski definition) is 3. The maximum Gasteiger partial charge on any atom is 0.319 e. The molecule has 1 fully saturated rings. The number of anilines is 2. The lowest BCUT2D eigenvalue weighted by atomic mass is 9.96. The molecule has 0 radical (unpaired) electrons. The van der Waals surface area contributed by atoms with Crippen LogP contribution in [0.5, 0.6) is 0 Å². The van der Waals surface area contributed by atoms with E-state index in [4.69, 9.17) is 5.73 Å². The molecule has 6 heteroatoms. The highest BCUT2D eigenvalue weighted by Crippen LogP contribution is 2.31. The topological polar surface area (TPSA) is 95.8 Å². The molecular formula is C20H23N5O. The minimum atomic E-state index is -0.133. The Morgan fingerprint density at radius 1 is 1.08 bits per heavy atom. The fourth-order valence-corrected chi connectivity index (χ4v) is 3.67. The van der Waals surface area contributed by atoms with Crippen LogP contribution < -0.4 is 16.4 Å². The highest BCUT2D eigenvalue weighted by atomic mass is 16.2. The number of fused-ring (bicyclic) bond motifs is 1. The van der Waals surface area contributed by atoms with Crippen LogP contribution in [0.3, 0.4) is 0 Å². The maximum absolute atomic E-state index is 12.2. The van der Waals surface area contributed by atoms with Crippen LogP contribution in [0, 0.1) is 0 Å². The van der Waals surface area contributed by atoms with Gasteiger partial charge < -0.3 is 16.4 Å². The average molecular weight is 349 g/mol. The van der Waals surface area contributed by atoms with E-state index in [0.717, 1.165) is 40.6 Å². The van der Waals surface area contributed by atoms with Crippen LogP contribution >= 0.6 is 0 Å². The van der Waals surface area contributed by atoms with Crippen molar-refractivity contribution in [1.82, 2.24) is 15.5 Å². The molecule has 4 rings (SSSR count). The van der Waals surface area contributed by atoms with E-state index in [-0.39, 0.29) is 6.03 Å². The van der Waals surface area contributed by atoms with Crippen molar-refractivity contribution in [2.45, 2.75) is 38.1 Å². The second kappa shape index (κ2) is 7.07. The lowest BCUT2D eigenvalue weighted by Crippen LogP contribution is -2.38. The fourth-order valence-electron chi connectivity index (χ4n) is 3.67. The highest BCUT2D eigenvalue weighted by Gasteiger charge is 2.15. The summed E-state index contributed by atoms with van der Waals surface area (Å²) in [6, 6.07) is 13.9. The van der Waals surface area contributed by atoms with E-state index in [1.807, 2.05) is 42.5 Å². The van der Waals surface area contributed by atoms with Gasteiger partial charge in [-0.3, -0.25) is 5.10 Å². The maximum atomic E-state index is 12.2. The Labute approximate surface area is 152 Å². The Bertz CT molecular complexity index is 910. The van der Waals surface area contributed by atoms with Crippen molar-refractivity contribution in [3.05, 3.63) is 42.5 Å². The molecule has 1 aliphatic carbocycles. The molecule has 2 amide bonds. The number of urea groups is 1. The second-order valence-corrected chi connectivity index (χ2v) is 6.85. The third kappa shape index (κ3) is 3.35. The molecule has 2 aromatic carbocycles. The van der Waals surface area contributed by atoms with Gasteiger partial charge in [-0.05, 0) is 42.2 Å². The van der Waals surface area contributed by atoms with Crippen molar-refractivity contribution in [2.24, 2.45) is 0 Å². The molecule has 0 saturated heterocycles. The third-order valence-electron chi connectivity index (χ3n) is 5.01. The van der Waals surface area contributed by atoms with Gasteiger partial charge in [-0.1, -0.05) is 43.5 Å². The van der Waals surface area contributed by atoms with Gasteiger partial charge in [0.1, 0.15) is 0 Å². The standard InChI is InChI=1S/C20H23N5O/c21-19-18-16(7-4-8-17(18)24-25-19)13-9-11-15(12-10-13)23-20(26)22-14-5-2-1-3-6-14/h4,7-12,14H,1-3,5-6H2,(H3,21,24,25)(H2,22,23,26). The normalized spacial score (nSPS) is 15.1. The summed E-state index contributed by atoms with van der Waals surface area (Å²) in [6.45, 7) is 0. The number of carbonyl (C=O) groups is 1. The van der Waals surface area contributed by atoms with Gasteiger partial charge >= 0.3 is 6.03 Å². The predicted molar refractivity (Wildman–Crippen MR) is 105 cm³/mol. The zero-order valence-corrected chi connectivity index (χ0v) is 14.6. The van der Waals surface area contributed by atoms with E-state index in [1.54, 1.807) is 0 Å². The number of nitrogens with zero attached hydrogens (tertiary/aromatic N) is 1. The molecule has 0 atom stereocenters. The highest BCUT2D eigenvalue weighted by molar-refractivity contribution is 6.01. The summed E-state index contributed by atoms with van der Waals surface area (Å²) in [6.07, 6.45) is 5.81. The van der Waals surface area contributed by atoms with E-state index in [2.05, 4.69) is 20.8 Å². The second-order valence-electron chi connectivity index (χ2n) is 6.85. The first-order valence-corrected chi connectivity index (χ1v) is 9.11. The van der Waals surface area contributed by atoms with Gasteiger partial charge in [-0.25, -0.2) is 4.79 Å². The lowest BCUT2D eigenvalue weighted by Gasteiger charge is -2.22. The third-order valence-corrected chi connectivity index (χ3v) is 5.01. The van der Waals surface area contributed by atoms with E-state index in [9.17, 15) is 4.79 Å². The quantitative estimate of drug-likeness (QED) is 0.569. The number of amides is 2. The molecule has 1 saturated carbocycles. The van der Waals surface area contributed by atoms with Crippen LogP contribution in [-0.2, 0) is 0 Å². The number of hydrogen-bond donors (Lipinski definition) is 4. The molecule has 134 valence electrons. The number of aromatic nitrogens is 2. The molecule has 0 aliphatic heterocycles. The van der Waals surface area contributed by atoms with Crippen molar-refractivity contribution < 1.29 is 4.79 Å². The van der Waals surface area contributed by atoms with Gasteiger partial charge in [0.15, 0.2) is 5.82 Å². The largest absolute Gasteiger partial charge is 0.382 e. The lowest BCUT2D eigenvalue weighted by molar-refractivity contribution is 0.244. The van der Waals surface area contributed by atoms with Gasteiger partial charge in [0.2, 0.25) is 0 Å². The van der Waals surface area contributed by atoms with Gasteiger partial charge in [0.05, 0.1) is 10.9 Å². The minimum absolute atomic E-state index is 0.133. The SMILES string of the molecule is Nc1n[nH]c2cccc(-c3ccc(NC(=O)NC4CCCCC4)cc3)c12. The summed E-state index contributed by atoms with van der Waals surface area (Å²) in [4.78, 5) is 12.2. The summed E-state index contributed by atoms with van der Waals surface area (Å²) < 4.78 is 0. The summed E-state index contributed by atoms with van der Waals surface area (Å²) >= 11 is 0. The first-order chi connectivity index (χ1) is 12.7. The van der Waals surface area contributed by atoms with Crippen LogP contribution in [0.15, 0.2) is 42.5 Å². The zero-order valence-electron chi connectivity index (χ0n) is 14.6. The first kappa shape index (κ1) is 16.4. The number of rotatable bonds is 3. The molecule has 1 heterocycles. The molecule has 26 heavy (non-hydrogen) atoms. The van der Waals surface area contributed by atoms with Gasteiger partial charge in [-0.2, -0.15) is 5.10 Å². The van der Waals surface area contributed by atoms with Crippen LogP contribution in [0.4, 0.5) is 16.3 Å². The summed E-state index contributed by atoms with van der Waals surface area (Å²) in [5.41, 5.74) is 9.73. The van der Waals surface area contributed by atoms with Crippen molar-refractivity contribution >= 4 is 28.4 Å². The number of H-pyrrole nitrogens is 1. The molecule has 1 aliphatic rings.